The van der Waals surface area contributed by atoms with E-state index in [0.29, 0.717) is 0 Å². The number of anilines is 1. The van der Waals surface area contributed by atoms with Gasteiger partial charge in [-0.05, 0) is 49.9 Å². The molecule has 1 atom stereocenters. The number of carbonyl (C=O) groups is 1. The summed E-state index contributed by atoms with van der Waals surface area (Å²) in [6.07, 6.45) is 3.57. The zero-order chi connectivity index (χ0) is 17.9. The molecule has 0 saturated carbocycles. The van der Waals surface area contributed by atoms with Crippen LogP contribution in [0.15, 0.2) is 67.0 Å². The van der Waals surface area contributed by atoms with Crippen molar-refractivity contribution in [2.45, 2.75) is 32.4 Å². The minimum absolute atomic E-state index is 0. The predicted octanol–water partition coefficient (Wildman–Crippen LogP) is 4.93. The van der Waals surface area contributed by atoms with Gasteiger partial charge in [0.15, 0.2) is 0 Å². The maximum Gasteiger partial charge on any atom is 0.249 e. The number of hydrogen-bond acceptors (Lipinski definition) is 3. The van der Waals surface area contributed by atoms with Crippen LogP contribution < -0.4 is 10.6 Å². The van der Waals surface area contributed by atoms with E-state index in [9.17, 15) is 4.79 Å². The lowest BCUT2D eigenvalue weighted by Crippen LogP contribution is -2.52. The van der Waals surface area contributed by atoms with Crippen LogP contribution in [0.3, 0.4) is 0 Å². The van der Waals surface area contributed by atoms with Crippen LogP contribution >= 0.6 is 24.8 Å². The molecule has 0 aliphatic heterocycles. The summed E-state index contributed by atoms with van der Waals surface area (Å²) < 4.78 is 0. The van der Waals surface area contributed by atoms with Crippen LogP contribution in [0.25, 0.3) is 10.8 Å². The van der Waals surface area contributed by atoms with Gasteiger partial charge in [0.25, 0.3) is 0 Å². The summed E-state index contributed by atoms with van der Waals surface area (Å²) in [6, 6.07) is 17.7. The van der Waals surface area contributed by atoms with E-state index < -0.39 is 5.54 Å². The maximum atomic E-state index is 13.1. The average Bonchev–Trinajstić information content (AvgIpc) is 2.61. The van der Waals surface area contributed by atoms with Crippen LogP contribution in [0.2, 0.25) is 0 Å². The molecule has 1 aromatic heterocycles. The number of pyridine rings is 1. The lowest BCUT2D eigenvalue weighted by Gasteiger charge is -2.32. The second-order valence-electron chi connectivity index (χ2n) is 6.68. The summed E-state index contributed by atoms with van der Waals surface area (Å²) in [7, 11) is 0. The first kappa shape index (κ1) is 22.9. The molecule has 1 heterocycles. The number of benzene rings is 2. The van der Waals surface area contributed by atoms with E-state index in [1.54, 1.807) is 6.20 Å². The Hall–Kier alpha value is -2.14. The fourth-order valence-electron chi connectivity index (χ4n) is 3.05. The Morgan fingerprint density at radius 2 is 1.70 bits per heavy atom. The summed E-state index contributed by atoms with van der Waals surface area (Å²) in [5, 5.41) is 8.56. The smallest absolute Gasteiger partial charge is 0.249 e. The SMILES string of the molecule is CC(C)NC(C)(C(=O)Nc1ccc2cnccc2c1)c1ccccc1.Cl.Cl. The zero-order valence-corrected chi connectivity index (χ0v) is 17.2. The van der Waals surface area contributed by atoms with Crippen LogP contribution in [0.4, 0.5) is 5.69 Å². The fourth-order valence-corrected chi connectivity index (χ4v) is 3.05. The predicted molar refractivity (Wildman–Crippen MR) is 117 cm³/mol. The first-order chi connectivity index (χ1) is 12.0. The molecule has 0 aliphatic rings. The second kappa shape index (κ2) is 9.70. The van der Waals surface area contributed by atoms with Crippen LogP contribution in [0, 0.1) is 0 Å². The first-order valence-corrected chi connectivity index (χ1v) is 8.47. The maximum absolute atomic E-state index is 13.1. The Morgan fingerprint density at radius 1 is 1.00 bits per heavy atom. The van der Waals surface area contributed by atoms with Crippen molar-refractivity contribution in [3.63, 3.8) is 0 Å². The van der Waals surface area contributed by atoms with E-state index in [-0.39, 0.29) is 36.8 Å². The molecular formula is C21H25Cl2N3O. The van der Waals surface area contributed by atoms with Crippen LogP contribution in [-0.4, -0.2) is 16.9 Å². The highest BCUT2D eigenvalue weighted by Crippen LogP contribution is 2.25. The van der Waals surface area contributed by atoms with Gasteiger partial charge in [-0.15, -0.1) is 24.8 Å². The number of aromatic nitrogens is 1. The number of fused-ring (bicyclic) bond motifs is 1. The fraction of sp³-hybridized carbons (Fsp3) is 0.238. The number of rotatable bonds is 5. The lowest BCUT2D eigenvalue weighted by atomic mass is 9.90. The van der Waals surface area contributed by atoms with E-state index >= 15 is 0 Å². The molecule has 3 aromatic rings. The van der Waals surface area contributed by atoms with E-state index in [0.717, 1.165) is 22.0 Å². The molecule has 4 nitrogen and oxygen atoms in total. The number of hydrogen-bond donors (Lipinski definition) is 2. The minimum atomic E-state index is -0.817. The molecule has 0 fully saturated rings. The monoisotopic (exact) mass is 405 g/mol. The van der Waals surface area contributed by atoms with Crippen LogP contribution in [0.5, 0.6) is 0 Å². The molecule has 0 bridgehead atoms. The summed E-state index contributed by atoms with van der Waals surface area (Å²) in [5.41, 5.74) is 0.894. The third kappa shape index (κ3) is 5.19. The molecule has 1 unspecified atom stereocenters. The van der Waals surface area contributed by atoms with Crippen molar-refractivity contribution >= 4 is 47.2 Å². The third-order valence-corrected chi connectivity index (χ3v) is 4.28. The Morgan fingerprint density at radius 3 is 2.37 bits per heavy atom. The van der Waals surface area contributed by atoms with Crippen LogP contribution in [0.1, 0.15) is 26.3 Å². The van der Waals surface area contributed by atoms with Crippen molar-refractivity contribution in [1.29, 1.82) is 0 Å². The molecule has 27 heavy (non-hydrogen) atoms. The molecule has 0 radical (unpaired) electrons. The number of halogens is 2. The summed E-state index contributed by atoms with van der Waals surface area (Å²) in [4.78, 5) is 17.2. The Bertz CT molecular complexity index is 887. The quantitative estimate of drug-likeness (QED) is 0.632. The minimum Gasteiger partial charge on any atom is -0.324 e. The molecule has 0 spiro atoms. The van der Waals surface area contributed by atoms with Gasteiger partial charge in [-0.2, -0.15) is 0 Å². The molecule has 2 N–H and O–H groups in total. The van der Waals surface area contributed by atoms with E-state index in [1.807, 2.05) is 81.6 Å². The third-order valence-electron chi connectivity index (χ3n) is 4.28. The van der Waals surface area contributed by atoms with Crippen molar-refractivity contribution in [3.8, 4) is 0 Å². The van der Waals surface area contributed by atoms with Gasteiger partial charge in [0.1, 0.15) is 5.54 Å². The molecule has 3 rings (SSSR count). The number of carbonyl (C=O) groups excluding carboxylic acids is 1. The lowest BCUT2D eigenvalue weighted by molar-refractivity contribution is -0.122. The Labute approximate surface area is 172 Å². The van der Waals surface area contributed by atoms with Crippen molar-refractivity contribution in [1.82, 2.24) is 10.3 Å². The normalized spacial score (nSPS) is 12.6. The summed E-state index contributed by atoms with van der Waals surface area (Å²) in [6.45, 7) is 6.00. The van der Waals surface area contributed by atoms with Crippen molar-refractivity contribution in [2.24, 2.45) is 0 Å². The standard InChI is InChI=1S/C21H23N3O.2ClH/c1-15(2)24-21(3,18-7-5-4-6-8-18)20(25)23-19-10-9-17-14-22-12-11-16(17)13-19;;/h4-15,24H,1-3H3,(H,23,25);2*1H. The molecule has 1 amide bonds. The highest BCUT2D eigenvalue weighted by Gasteiger charge is 2.35. The second-order valence-corrected chi connectivity index (χ2v) is 6.68. The van der Waals surface area contributed by atoms with E-state index in [4.69, 9.17) is 0 Å². The van der Waals surface area contributed by atoms with E-state index in [1.165, 1.54) is 0 Å². The Balaban J connectivity index is 0.00000182. The van der Waals surface area contributed by atoms with Crippen molar-refractivity contribution in [2.75, 3.05) is 5.32 Å². The van der Waals surface area contributed by atoms with Gasteiger partial charge in [-0.3, -0.25) is 15.1 Å². The largest absolute Gasteiger partial charge is 0.324 e. The number of nitrogens with one attached hydrogen (secondary N) is 2. The van der Waals surface area contributed by atoms with Gasteiger partial charge in [0.05, 0.1) is 0 Å². The summed E-state index contributed by atoms with van der Waals surface area (Å²) in [5.74, 6) is -0.0826. The molecule has 144 valence electrons. The van der Waals surface area contributed by atoms with Gasteiger partial charge in [-0.25, -0.2) is 0 Å². The average molecular weight is 406 g/mol. The van der Waals surface area contributed by atoms with Crippen molar-refractivity contribution in [3.05, 3.63) is 72.6 Å². The molecular weight excluding hydrogens is 381 g/mol. The molecule has 0 saturated heterocycles. The highest BCUT2D eigenvalue weighted by atomic mass is 35.5. The van der Waals surface area contributed by atoms with Crippen LogP contribution in [-0.2, 0) is 10.3 Å². The Kier molecular flexibility index (Phi) is 8.22. The number of amides is 1. The molecule has 2 aromatic carbocycles. The van der Waals surface area contributed by atoms with Gasteiger partial charge >= 0.3 is 0 Å². The highest BCUT2D eigenvalue weighted by molar-refractivity contribution is 6.00. The van der Waals surface area contributed by atoms with Gasteiger partial charge in [0.2, 0.25) is 5.91 Å². The van der Waals surface area contributed by atoms with E-state index in [2.05, 4.69) is 15.6 Å². The molecule has 0 aliphatic carbocycles. The van der Waals surface area contributed by atoms with Gasteiger partial charge < -0.3 is 5.32 Å². The topological polar surface area (TPSA) is 54.0 Å². The summed E-state index contributed by atoms with van der Waals surface area (Å²) >= 11 is 0. The first-order valence-electron chi connectivity index (χ1n) is 8.47. The zero-order valence-electron chi connectivity index (χ0n) is 15.6. The van der Waals surface area contributed by atoms with Gasteiger partial charge in [-0.1, -0.05) is 36.4 Å². The van der Waals surface area contributed by atoms with Gasteiger partial charge in [0, 0.05) is 29.5 Å². The number of nitrogens with zero attached hydrogens (tertiary/aromatic N) is 1. The molecule has 6 heteroatoms. The van der Waals surface area contributed by atoms with Crippen molar-refractivity contribution < 1.29 is 4.79 Å².